The summed E-state index contributed by atoms with van der Waals surface area (Å²) in [6.45, 7) is 14.3. The minimum atomic E-state index is -0.969. The summed E-state index contributed by atoms with van der Waals surface area (Å²) in [4.78, 5) is 77.8. The molecule has 60 heavy (non-hydrogen) atoms. The molecule has 1 N–H and O–H groups in total. The first kappa shape index (κ1) is 39.8. The van der Waals surface area contributed by atoms with E-state index >= 15 is 0 Å². The minimum Gasteiger partial charge on any atom is -0.372 e. The van der Waals surface area contributed by atoms with Crippen LogP contribution in [-0.2, 0) is 9.59 Å². The van der Waals surface area contributed by atoms with E-state index in [4.69, 9.17) is 18.2 Å². The summed E-state index contributed by atoms with van der Waals surface area (Å²) in [5, 5.41) is 2.74. The van der Waals surface area contributed by atoms with Gasteiger partial charge in [-0.15, -0.1) is 0 Å². The summed E-state index contributed by atoms with van der Waals surface area (Å²) >= 11 is 6.31. The summed E-state index contributed by atoms with van der Waals surface area (Å²) in [7, 11) is 0. The van der Waals surface area contributed by atoms with E-state index in [1.165, 1.54) is 0 Å². The van der Waals surface area contributed by atoms with Crippen LogP contribution in [0.25, 0.3) is 4.85 Å². The Kier molecular flexibility index (Phi) is 10.9. The number of halogens is 1. The third-order valence-corrected chi connectivity index (χ3v) is 14.1. The van der Waals surface area contributed by atoms with Crippen LogP contribution in [0.5, 0.6) is 0 Å². The van der Waals surface area contributed by atoms with Gasteiger partial charge in [-0.3, -0.25) is 34.2 Å². The number of hydrogen-bond donors (Lipinski definition) is 1. The van der Waals surface area contributed by atoms with Crippen LogP contribution in [0.15, 0.2) is 60.7 Å². The molecular formula is C47H48ClN7O5. The molecule has 1 spiro atoms. The van der Waals surface area contributed by atoms with Gasteiger partial charge in [0.25, 0.3) is 17.7 Å². The monoisotopic (exact) mass is 825 g/mol. The molecule has 0 aromatic heterocycles. The lowest BCUT2D eigenvalue weighted by Crippen LogP contribution is -2.54. The average molecular weight is 826 g/mol. The smallest absolute Gasteiger partial charge is 0.262 e. The molecule has 3 aromatic rings. The lowest BCUT2D eigenvalue weighted by molar-refractivity contribution is -0.136. The van der Waals surface area contributed by atoms with E-state index in [1.54, 1.807) is 18.2 Å². The Bertz CT molecular complexity index is 2340. The molecule has 13 heteroatoms. The summed E-state index contributed by atoms with van der Waals surface area (Å²) in [6, 6.07) is 18.3. The zero-order chi connectivity index (χ0) is 41.5. The number of benzene rings is 3. The number of amides is 5. The molecular weight excluding hydrogens is 778 g/mol. The zero-order valence-electron chi connectivity index (χ0n) is 33.6. The van der Waals surface area contributed by atoms with E-state index < -0.39 is 23.8 Å². The average Bonchev–Trinajstić information content (AvgIpc) is 3.80. The Morgan fingerprint density at radius 3 is 2.13 bits per heavy atom. The van der Waals surface area contributed by atoms with E-state index in [9.17, 15) is 24.0 Å². The van der Waals surface area contributed by atoms with Crippen molar-refractivity contribution < 1.29 is 24.0 Å². The molecule has 6 aliphatic heterocycles. The molecule has 0 bridgehead atoms. The van der Waals surface area contributed by atoms with Gasteiger partial charge >= 0.3 is 0 Å². The normalized spacial score (nSPS) is 22.4. The molecule has 1 unspecified atom stereocenters. The van der Waals surface area contributed by atoms with Crippen LogP contribution in [0.1, 0.15) is 94.4 Å². The van der Waals surface area contributed by atoms with Gasteiger partial charge in [0.15, 0.2) is 0 Å². The van der Waals surface area contributed by atoms with Gasteiger partial charge in [-0.25, -0.2) is 4.85 Å². The number of anilines is 2. The minimum absolute atomic E-state index is 0.0887. The second kappa shape index (κ2) is 16.4. The number of fused-ring (bicyclic) bond motifs is 1. The molecule has 9 rings (SSSR count). The maximum absolute atomic E-state index is 13.6. The van der Waals surface area contributed by atoms with E-state index in [2.05, 4.69) is 36.7 Å². The predicted molar refractivity (Wildman–Crippen MR) is 228 cm³/mol. The molecule has 5 amide bonds. The van der Waals surface area contributed by atoms with Gasteiger partial charge in [-0.1, -0.05) is 29.5 Å². The van der Waals surface area contributed by atoms with Gasteiger partial charge in [0.1, 0.15) is 6.04 Å². The molecule has 0 aliphatic carbocycles. The standard InChI is InChI=1S/C47H48ClN7O5/c1-49-40-11-9-36(29-39(40)48)53-25-18-47(19-26-53)20-27-54(30-47)44(58)33-6-4-31(5-7-33)2-3-32-14-21-51(22-15-32)34-16-23-52(24-17-34)35-8-10-37-38(28-35)46(60)55(45(37)59)41-12-13-42(56)50-43(41)57/h4-11,28-29,32,34,41H,12-27,30H2,(H,50,56,57). The molecule has 1 atom stereocenters. The van der Waals surface area contributed by atoms with E-state index in [0.29, 0.717) is 39.4 Å². The maximum Gasteiger partial charge on any atom is 0.262 e. The molecule has 6 aliphatic rings. The van der Waals surface area contributed by atoms with Crippen LogP contribution in [0.2, 0.25) is 5.02 Å². The molecule has 3 aromatic carbocycles. The second-order valence-corrected chi connectivity index (χ2v) is 17.7. The fraction of sp³-hybridized carbons (Fsp3) is 0.447. The topological polar surface area (TPSA) is 118 Å². The van der Waals surface area contributed by atoms with Crippen LogP contribution >= 0.6 is 11.6 Å². The van der Waals surface area contributed by atoms with Crippen LogP contribution < -0.4 is 15.1 Å². The Hall–Kier alpha value is -5.69. The van der Waals surface area contributed by atoms with E-state index in [1.807, 2.05) is 47.4 Å². The lowest BCUT2D eigenvalue weighted by atomic mass is 9.77. The summed E-state index contributed by atoms with van der Waals surface area (Å²) in [6.07, 6.45) is 7.34. The van der Waals surface area contributed by atoms with Crippen LogP contribution in [0.3, 0.4) is 0 Å². The molecule has 5 fully saturated rings. The first-order valence-electron chi connectivity index (χ1n) is 21.3. The van der Waals surface area contributed by atoms with Crippen LogP contribution in [0, 0.1) is 29.7 Å². The first-order chi connectivity index (χ1) is 29.1. The van der Waals surface area contributed by atoms with Crippen molar-refractivity contribution in [3.8, 4) is 11.8 Å². The van der Waals surface area contributed by atoms with Crippen molar-refractivity contribution >= 4 is 58.2 Å². The second-order valence-electron chi connectivity index (χ2n) is 17.3. The van der Waals surface area contributed by atoms with Gasteiger partial charge in [0.2, 0.25) is 17.5 Å². The van der Waals surface area contributed by atoms with Gasteiger partial charge < -0.3 is 19.6 Å². The van der Waals surface area contributed by atoms with Crippen molar-refractivity contribution in [1.82, 2.24) is 20.0 Å². The number of nitrogens with one attached hydrogen (secondary N) is 1. The van der Waals surface area contributed by atoms with Crippen molar-refractivity contribution in [3.05, 3.63) is 99.4 Å². The Morgan fingerprint density at radius 2 is 1.43 bits per heavy atom. The van der Waals surface area contributed by atoms with Gasteiger partial charge in [0.05, 0.1) is 17.7 Å². The quantitative estimate of drug-likeness (QED) is 0.185. The number of carbonyl (C=O) groups excluding carboxylic acids is 5. The molecule has 12 nitrogen and oxygen atoms in total. The lowest BCUT2D eigenvalue weighted by Gasteiger charge is -2.42. The fourth-order valence-corrected chi connectivity index (χ4v) is 10.4. The number of nitrogens with zero attached hydrogens (tertiary/aromatic N) is 6. The highest BCUT2D eigenvalue weighted by Gasteiger charge is 2.45. The molecule has 5 saturated heterocycles. The van der Waals surface area contributed by atoms with Crippen molar-refractivity contribution in [2.24, 2.45) is 11.3 Å². The molecule has 0 saturated carbocycles. The molecule has 6 heterocycles. The van der Waals surface area contributed by atoms with Gasteiger partial charge in [0, 0.05) is 85.2 Å². The van der Waals surface area contributed by atoms with E-state index in [0.717, 1.165) is 119 Å². The van der Waals surface area contributed by atoms with Gasteiger partial charge in [-0.05, 0) is 124 Å². The SMILES string of the molecule is [C-]#[N+]c1ccc(N2CCC3(CCN(C(=O)c4ccc(C#CC5CCN(C6CCN(c7ccc8c(c7)C(=O)N(C7CCC(=O)NC7=O)C8=O)CC6)CC5)cc4)C3)CC2)cc1Cl. The first-order valence-corrected chi connectivity index (χ1v) is 21.6. The van der Waals surface area contributed by atoms with Crippen molar-refractivity contribution in [1.29, 1.82) is 0 Å². The summed E-state index contributed by atoms with van der Waals surface area (Å²) in [5.74, 6) is 5.36. The summed E-state index contributed by atoms with van der Waals surface area (Å²) < 4.78 is 0. The highest BCUT2D eigenvalue weighted by Crippen LogP contribution is 2.42. The number of imide groups is 2. The Balaban J connectivity index is 0.720. The Morgan fingerprint density at radius 1 is 0.767 bits per heavy atom. The van der Waals surface area contributed by atoms with E-state index in [-0.39, 0.29) is 30.1 Å². The summed E-state index contributed by atoms with van der Waals surface area (Å²) in [5.41, 5.74) is 4.82. The maximum atomic E-state index is 13.6. The molecule has 0 radical (unpaired) electrons. The highest BCUT2D eigenvalue weighted by molar-refractivity contribution is 6.33. The van der Waals surface area contributed by atoms with Crippen molar-refractivity contribution in [2.45, 2.75) is 69.9 Å². The number of hydrogen-bond acceptors (Lipinski definition) is 8. The Labute approximate surface area is 355 Å². The van der Waals surface area contributed by atoms with Crippen molar-refractivity contribution in [2.75, 3.05) is 62.2 Å². The number of piperidine rings is 4. The third kappa shape index (κ3) is 7.75. The van der Waals surface area contributed by atoms with Crippen molar-refractivity contribution in [3.63, 3.8) is 0 Å². The number of carbonyl (C=O) groups is 5. The third-order valence-electron chi connectivity index (χ3n) is 13.8. The van der Waals surface area contributed by atoms with Gasteiger partial charge in [-0.2, -0.15) is 0 Å². The molecule has 308 valence electrons. The zero-order valence-corrected chi connectivity index (χ0v) is 34.4. The highest BCUT2D eigenvalue weighted by atomic mass is 35.5. The fourth-order valence-electron chi connectivity index (χ4n) is 10.2. The van der Waals surface area contributed by atoms with Crippen LogP contribution in [-0.4, -0.2) is 109 Å². The number of likely N-dealkylation sites (tertiary alicyclic amines) is 2. The predicted octanol–water partition coefficient (Wildman–Crippen LogP) is 6.16. The van der Waals surface area contributed by atoms with Crippen LogP contribution in [0.4, 0.5) is 17.1 Å². The number of rotatable bonds is 5. The largest absolute Gasteiger partial charge is 0.372 e.